The van der Waals surface area contributed by atoms with Gasteiger partial charge in [-0.15, -0.1) is 0 Å². The number of nitrogens with zero attached hydrogens (tertiary/aromatic N) is 1. The van der Waals surface area contributed by atoms with Crippen LogP contribution in [0.5, 0.6) is 0 Å². The van der Waals surface area contributed by atoms with Crippen LogP contribution in [0.3, 0.4) is 0 Å². The molecule has 0 unspecified atom stereocenters. The van der Waals surface area contributed by atoms with E-state index in [0.717, 1.165) is 4.90 Å². The third kappa shape index (κ3) is 3.36. The van der Waals surface area contributed by atoms with Gasteiger partial charge in [0, 0.05) is 13.1 Å². The Balaban J connectivity index is 3.01. The van der Waals surface area contributed by atoms with Crippen LogP contribution < -0.4 is 0 Å². The molecule has 8 nitrogen and oxygen atoms in total. The van der Waals surface area contributed by atoms with Crippen molar-refractivity contribution in [2.45, 2.75) is 4.71 Å². The monoisotopic (exact) mass is 261 g/mol. The second-order valence-corrected chi connectivity index (χ2v) is 6.24. The molecule has 0 amide bonds. The average Bonchev–Trinajstić information content (AvgIpc) is 2.00. The van der Waals surface area contributed by atoms with Crippen LogP contribution in [0.4, 0.5) is 0 Å². The molecule has 0 aliphatic carbocycles. The minimum absolute atomic E-state index is 0.00421. The highest BCUT2D eigenvalue weighted by molar-refractivity contribution is 8.03. The lowest BCUT2D eigenvalue weighted by molar-refractivity contribution is 0.0393. The zero-order valence-corrected chi connectivity index (χ0v) is 9.24. The maximum Gasteiger partial charge on any atom is 0.298 e. The lowest BCUT2D eigenvalue weighted by Gasteiger charge is -2.30. The van der Waals surface area contributed by atoms with Gasteiger partial charge < -0.3 is 4.74 Å². The Morgan fingerprint density at radius 1 is 1.00 bits per heavy atom. The third-order valence-electron chi connectivity index (χ3n) is 1.85. The molecule has 1 aliphatic heterocycles. The fourth-order valence-corrected chi connectivity index (χ4v) is 3.72. The van der Waals surface area contributed by atoms with Gasteiger partial charge in [0.25, 0.3) is 24.9 Å². The fraction of sp³-hybridized carbons (Fsp3) is 1.00. The van der Waals surface area contributed by atoms with Crippen molar-refractivity contribution >= 4 is 20.2 Å². The number of hydrogen-bond donors (Lipinski definition) is 2. The van der Waals surface area contributed by atoms with Gasteiger partial charge in [0.1, 0.15) is 0 Å². The molecule has 90 valence electrons. The van der Waals surface area contributed by atoms with Gasteiger partial charge in [0.05, 0.1) is 13.2 Å². The van der Waals surface area contributed by atoms with Crippen LogP contribution in [0.2, 0.25) is 0 Å². The first-order valence-electron chi connectivity index (χ1n) is 3.97. The second-order valence-electron chi connectivity index (χ2n) is 2.99. The lowest BCUT2D eigenvalue weighted by Crippen LogP contribution is -2.50. The molecule has 2 N–H and O–H groups in total. The maximum atomic E-state index is 10.8. The standard InChI is InChI=1S/C5H11NO7S2/c7-14(8,9)5(15(10,11)12)6-1-3-13-4-2-6/h5H,1-4H2,(H,7,8,9)(H,10,11,12). The highest BCUT2D eigenvalue weighted by Gasteiger charge is 2.41. The first-order chi connectivity index (χ1) is 6.73. The molecule has 0 radical (unpaired) electrons. The van der Waals surface area contributed by atoms with Gasteiger partial charge in [-0.25, -0.2) is 0 Å². The summed E-state index contributed by atoms with van der Waals surface area (Å²) in [6, 6.07) is 0. The molecule has 0 spiro atoms. The minimum atomic E-state index is -4.89. The van der Waals surface area contributed by atoms with E-state index in [1.807, 2.05) is 0 Å². The molecule has 0 bridgehead atoms. The Kier molecular flexibility index (Phi) is 3.68. The molecule has 1 saturated heterocycles. The molecule has 0 aromatic rings. The Bertz CT molecular complexity index is 375. The summed E-state index contributed by atoms with van der Waals surface area (Å²) in [5.74, 6) is 0. The average molecular weight is 261 g/mol. The van der Waals surface area contributed by atoms with Crippen molar-refractivity contribution in [2.24, 2.45) is 0 Å². The summed E-state index contributed by atoms with van der Waals surface area (Å²) >= 11 is 0. The zero-order chi connectivity index (χ0) is 11.7. The predicted octanol–water partition coefficient (Wildman–Crippen LogP) is -1.62. The molecule has 0 aromatic heterocycles. The summed E-state index contributed by atoms with van der Waals surface area (Å²) in [4.78, 5) is 0.925. The summed E-state index contributed by atoms with van der Waals surface area (Å²) in [6.07, 6.45) is 0. The highest BCUT2D eigenvalue weighted by Crippen LogP contribution is 2.14. The van der Waals surface area contributed by atoms with E-state index < -0.39 is 24.9 Å². The summed E-state index contributed by atoms with van der Waals surface area (Å²) in [7, 11) is -9.78. The molecular weight excluding hydrogens is 250 g/mol. The van der Waals surface area contributed by atoms with Gasteiger partial charge in [-0.3, -0.25) is 14.0 Å². The van der Waals surface area contributed by atoms with Crippen LogP contribution in [0, 0.1) is 0 Å². The van der Waals surface area contributed by atoms with Crippen LogP contribution in [-0.2, 0) is 25.0 Å². The van der Waals surface area contributed by atoms with Crippen LogP contribution in [0.15, 0.2) is 0 Å². The van der Waals surface area contributed by atoms with Crippen LogP contribution >= 0.6 is 0 Å². The molecule has 10 heteroatoms. The van der Waals surface area contributed by atoms with E-state index in [0.29, 0.717) is 0 Å². The third-order valence-corrected chi connectivity index (χ3v) is 4.93. The van der Waals surface area contributed by atoms with Crippen molar-refractivity contribution in [3.8, 4) is 0 Å². The second kappa shape index (κ2) is 4.31. The predicted molar refractivity (Wildman–Crippen MR) is 49.3 cm³/mol. The summed E-state index contributed by atoms with van der Waals surface area (Å²) in [6.45, 7) is 0.289. The summed E-state index contributed by atoms with van der Waals surface area (Å²) < 4.78 is 63.2. The molecule has 0 aromatic carbocycles. The van der Waals surface area contributed by atoms with Crippen LogP contribution in [0.25, 0.3) is 0 Å². The number of morpholine rings is 1. The number of hydrogen-bond acceptors (Lipinski definition) is 6. The Labute approximate surface area is 87.3 Å². The van der Waals surface area contributed by atoms with Crippen molar-refractivity contribution in [3.05, 3.63) is 0 Å². The molecule has 1 fully saturated rings. The minimum Gasteiger partial charge on any atom is -0.379 e. The van der Waals surface area contributed by atoms with Crippen molar-refractivity contribution in [1.29, 1.82) is 0 Å². The SMILES string of the molecule is O=S(=O)(O)C(N1CCOCC1)S(=O)(=O)O. The first-order valence-corrected chi connectivity index (χ1v) is 6.98. The number of rotatable bonds is 3. The fourth-order valence-electron chi connectivity index (χ4n) is 1.32. The van der Waals surface area contributed by atoms with Crippen molar-refractivity contribution in [3.63, 3.8) is 0 Å². The van der Waals surface area contributed by atoms with E-state index in [1.54, 1.807) is 0 Å². The normalized spacial score (nSPS) is 20.7. The molecule has 1 rings (SSSR count). The molecule has 0 saturated carbocycles. The van der Waals surface area contributed by atoms with Gasteiger partial charge in [-0.2, -0.15) is 16.8 Å². The zero-order valence-electron chi connectivity index (χ0n) is 7.61. The van der Waals surface area contributed by atoms with Gasteiger partial charge >= 0.3 is 0 Å². The molecule has 1 heterocycles. The van der Waals surface area contributed by atoms with Crippen molar-refractivity contribution in [1.82, 2.24) is 4.90 Å². The maximum absolute atomic E-state index is 10.8. The van der Waals surface area contributed by atoms with Gasteiger partial charge in [-0.05, 0) is 0 Å². The van der Waals surface area contributed by atoms with Gasteiger partial charge in [0.2, 0.25) is 0 Å². The topological polar surface area (TPSA) is 121 Å². The summed E-state index contributed by atoms with van der Waals surface area (Å²) in [5.41, 5.74) is 0. The van der Waals surface area contributed by atoms with E-state index in [1.165, 1.54) is 0 Å². The van der Waals surface area contributed by atoms with E-state index in [2.05, 4.69) is 0 Å². The highest BCUT2D eigenvalue weighted by atomic mass is 32.3. The van der Waals surface area contributed by atoms with E-state index in [4.69, 9.17) is 13.8 Å². The molecule has 1 aliphatic rings. The Hall–Kier alpha value is -0.260. The van der Waals surface area contributed by atoms with E-state index in [-0.39, 0.29) is 26.3 Å². The van der Waals surface area contributed by atoms with Crippen molar-refractivity contribution in [2.75, 3.05) is 26.3 Å². The quantitative estimate of drug-likeness (QED) is 0.581. The van der Waals surface area contributed by atoms with Crippen LogP contribution in [0.1, 0.15) is 0 Å². The first kappa shape index (κ1) is 12.8. The molecule has 15 heavy (non-hydrogen) atoms. The lowest BCUT2D eigenvalue weighted by atomic mass is 10.5. The van der Waals surface area contributed by atoms with Gasteiger partial charge in [0.15, 0.2) is 0 Å². The van der Waals surface area contributed by atoms with Gasteiger partial charge in [-0.1, -0.05) is 0 Å². The molecular formula is C5H11NO7S2. The van der Waals surface area contributed by atoms with Crippen molar-refractivity contribution < 1.29 is 30.7 Å². The Morgan fingerprint density at radius 2 is 1.40 bits per heavy atom. The van der Waals surface area contributed by atoms with E-state index in [9.17, 15) is 16.8 Å². The molecule has 0 atom stereocenters. The summed E-state index contributed by atoms with van der Waals surface area (Å²) in [5, 5.41) is 0. The largest absolute Gasteiger partial charge is 0.379 e. The Morgan fingerprint density at radius 3 is 1.73 bits per heavy atom. The number of ether oxygens (including phenoxy) is 1. The van der Waals surface area contributed by atoms with Crippen LogP contribution in [-0.4, -0.2) is 61.9 Å². The smallest absolute Gasteiger partial charge is 0.298 e. The van der Waals surface area contributed by atoms with E-state index >= 15 is 0 Å².